The maximum atomic E-state index is 12.8. The van der Waals surface area contributed by atoms with E-state index < -0.39 is 0 Å². The second-order valence-electron chi connectivity index (χ2n) is 7.92. The number of carbonyl (C=O) groups is 2. The summed E-state index contributed by atoms with van der Waals surface area (Å²) >= 11 is 0. The molecule has 0 aliphatic carbocycles. The van der Waals surface area contributed by atoms with Gasteiger partial charge < -0.3 is 19.7 Å². The molecule has 0 bridgehead atoms. The quantitative estimate of drug-likeness (QED) is 0.728. The molecule has 3 amide bonds. The lowest BCUT2D eigenvalue weighted by molar-refractivity contribution is -0.121. The van der Waals surface area contributed by atoms with Crippen LogP contribution in [-0.4, -0.2) is 53.5 Å². The SMILES string of the molecule is CCn1c2ccccc2c2cc(NC(=O)C3CCN(C(=O)N(C)C)CC3)ccc21. The predicted octanol–water partition coefficient (Wildman–Crippen LogP) is 4.15. The zero-order chi connectivity index (χ0) is 20.5. The van der Waals surface area contributed by atoms with Crippen molar-refractivity contribution in [2.75, 3.05) is 32.5 Å². The van der Waals surface area contributed by atoms with Crippen molar-refractivity contribution in [3.63, 3.8) is 0 Å². The minimum absolute atomic E-state index is 0.0154. The predicted molar refractivity (Wildman–Crippen MR) is 117 cm³/mol. The number of anilines is 1. The Labute approximate surface area is 171 Å². The number of urea groups is 1. The molecule has 0 unspecified atom stereocenters. The largest absolute Gasteiger partial charge is 0.341 e. The fourth-order valence-electron chi connectivity index (χ4n) is 4.33. The molecule has 29 heavy (non-hydrogen) atoms. The first-order valence-electron chi connectivity index (χ1n) is 10.3. The van der Waals surface area contributed by atoms with Crippen LogP contribution in [0.25, 0.3) is 21.8 Å². The first kappa shape index (κ1) is 19.3. The number of amides is 3. The molecular weight excluding hydrogens is 364 g/mol. The highest BCUT2D eigenvalue weighted by Gasteiger charge is 2.28. The van der Waals surface area contributed by atoms with Gasteiger partial charge in [-0.15, -0.1) is 0 Å². The van der Waals surface area contributed by atoms with Gasteiger partial charge in [-0.25, -0.2) is 4.79 Å². The number of likely N-dealkylation sites (tertiary alicyclic amines) is 1. The summed E-state index contributed by atoms with van der Waals surface area (Å²) in [6.07, 6.45) is 1.39. The van der Waals surface area contributed by atoms with Crippen molar-refractivity contribution in [2.45, 2.75) is 26.3 Å². The van der Waals surface area contributed by atoms with Gasteiger partial charge in [0.25, 0.3) is 0 Å². The number of hydrogen-bond donors (Lipinski definition) is 1. The molecule has 6 heteroatoms. The van der Waals surface area contributed by atoms with Gasteiger partial charge in [0.1, 0.15) is 0 Å². The third kappa shape index (κ3) is 3.55. The van der Waals surface area contributed by atoms with Gasteiger partial charge in [0.05, 0.1) is 0 Å². The topological polar surface area (TPSA) is 57.6 Å². The van der Waals surface area contributed by atoms with E-state index in [4.69, 9.17) is 0 Å². The third-order valence-electron chi connectivity index (χ3n) is 5.87. The number of hydrogen-bond acceptors (Lipinski definition) is 2. The van der Waals surface area contributed by atoms with Crippen molar-refractivity contribution in [1.29, 1.82) is 0 Å². The molecule has 1 aliphatic rings. The smallest absolute Gasteiger partial charge is 0.319 e. The van der Waals surface area contributed by atoms with E-state index in [1.165, 1.54) is 16.4 Å². The zero-order valence-corrected chi connectivity index (χ0v) is 17.3. The number of rotatable bonds is 3. The van der Waals surface area contributed by atoms with Crippen molar-refractivity contribution in [3.05, 3.63) is 42.5 Å². The molecule has 1 fully saturated rings. The minimum atomic E-state index is -0.0612. The first-order valence-corrected chi connectivity index (χ1v) is 10.3. The van der Waals surface area contributed by atoms with Gasteiger partial charge in [-0.05, 0) is 44.0 Å². The Morgan fingerprint density at radius 3 is 2.41 bits per heavy atom. The highest BCUT2D eigenvalue weighted by Crippen LogP contribution is 2.31. The number of aryl methyl sites for hydroxylation is 1. The number of benzene rings is 2. The maximum absolute atomic E-state index is 12.8. The summed E-state index contributed by atoms with van der Waals surface area (Å²) in [5, 5.41) is 5.46. The van der Waals surface area contributed by atoms with E-state index in [1.807, 2.05) is 11.0 Å². The number of nitrogens with one attached hydrogen (secondary N) is 1. The molecule has 2 aromatic carbocycles. The molecule has 0 saturated carbocycles. The van der Waals surface area contributed by atoms with E-state index in [9.17, 15) is 9.59 Å². The number of piperidine rings is 1. The minimum Gasteiger partial charge on any atom is -0.341 e. The van der Waals surface area contributed by atoms with Crippen LogP contribution in [0.2, 0.25) is 0 Å². The Morgan fingerprint density at radius 1 is 1.03 bits per heavy atom. The first-order chi connectivity index (χ1) is 14.0. The monoisotopic (exact) mass is 392 g/mol. The van der Waals surface area contributed by atoms with E-state index in [0.29, 0.717) is 25.9 Å². The van der Waals surface area contributed by atoms with Crippen LogP contribution >= 0.6 is 0 Å². The Bertz CT molecular complexity index is 1060. The molecule has 0 atom stereocenters. The van der Waals surface area contributed by atoms with Gasteiger partial charge in [-0.1, -0.05) is 18.2 Å². The molecule has 0 radical (unpaired) electrons. The third-order valence-corrected chi connectivity index (χ3v) is 5.87. The van der Waals surface area contributed by atoms with Crippen molar-refractivity contribution in [2.24, 2.45) is 5.92 Å². The Morgan fingerprint density at radius 2 is 1.72 bits per heavy atom. The van der Waals surface area contributed by atoms with Crippen LogP contribution in [0.3, 0.4) is 0 Å². The Kier molecular flexibility index (Phi) is 5.18. The highest BCUT2D eigenvalue weighted by molar-refractivity contribution is 6.09. The van der Waals surface area contributed by atoms with Crippen molar-refractivity contribution >= 4 is 39.4 Å². The fourth-order valence-corrected chi connectivity index (χ4v) is 4.33. The van der Waals surface area contributed by atoms with Gasteiger partial charge in [0.15, 0.2) is 0 Å². The van der Waals surface area contributed by atoms with E-state index in [2.05, 4.69) is 53.2 Å². The molecular formula is C23H28N4O2. The standard InChI is InChI=1S/C23H28N4O2/c1-4-27-20-8-6-5-7-18(20)19-15-17(9-10-21(19)27)24-22(28)16-11-13-26(14-12-16)23(29)25(2)3/h5-10,15-16H,4,11-14H2,1-3H3,(H,24,28). The fraction of sp³-hybridized carbons (Fsp3) is 0.391. The second-order valence-corrected chi connectivity index (χ2v) is 7.92. The van der Waals surface area contributed by atoms with Crippen LogP contribution < -0.4 is 5.32 Å². The summed E-state index contributed by atoms with van der Waals surface area (Å²) in [7, 11) is 3.51. The van der Waals surface area contributed by atoms with Gasteiger partial charge in [0, 0.05) is 67.1 Å². The average molecular weight is 393 g/mol. The van der Waals surface area contributed by atoms with Crippen LogP contribution in [0.1, 0.15) is 19.8 Å². The lowest BCUT2D eigenvalue weighted by Gasteiger charge is -2.33. The number of fused-ring (bicyclic) bond motifs is 3. The molecule has 4 rings (SSSR count). The summed E-state index contributed by atoms with van der Waals surface area (Å²) < 4.78 is 2.30. The molecule has 1 aromatic heterocycles. The van der Waals surface area contributed by atoms with Crippen LogP contribution in [0, 0.1) is 5.92 Å². The van der Waals surface area contributed by atoms with E-state index in [1.54, 1.807) is 19.0 Å². The van der Waals surface area contributed by atoms with E-state index in [-0.39, 0.29) is 17.9 Å². The van der Waals surface area contributed by atoms with Gasteiger partial charge in [0.2, 0.25) is 5.91 Å². The number of carbonyl (C=O) groups excluding carboxylic acids is 2. The summed E-state index contributed by atoms with van der Waals surface area (Å²) in [4.78, 5) is 28.3. The van der Waals surface area contributed by atoms with Gasteiger partial charge >= 0.3 is 6.03 Å². The number of aromatic nitrogens is 1. The molecule has 2 heterocycles. The average Bonchev–Trinajstić information content (AvgIpc) is 3.06. The van der Waals surface area contributed by atoms with Crippen LogP contribution in [0.5, 0.6) is 0 Å². The summed E-state index contributed by atoms with van der Waals surface area (Å²) in [6.45, 7) is 4.30. The molecule has 152 valence electrons. The molecule has 1 N–H and O–H groups in total. The van der Waals surface area contributed by atoms with Crippen LogP contribution in [-0.2, 0) is 11.3 Å². The summed E-state index contributed by atoms with van der Waals surface area (Å²) in [6, 6.07) is 14.5. The Hall–Kier alpha value is -3.02. The lowest BCUT2D eigenvalue weighted by atomic mass is 9.96. The molecule has 1 saturated heterocycles. The maximum Gasteiger partial charge on any atom is 0.319 e. The van der Waals surface area contributed by atoms with E-state index >= 15 is 0 Å². The number of nitrogens with zero attached hydrogens (tertiary/aromatic N) is 3. The van der Waals surface area contributed by atoms with Crippen LogP contribution in [0.4, 0.5) is 10.5 Å². The zero-order valence-electron chi connectivity index (χ0n) is 17.3. The summed E-state index contributed by atoms with van der Waals surface area (Å²) in [5.41, 5.74) is 3.22. The lowest BCUT2D eigenvalue weighted by Crippen LogP contribution is -2.45. The van der Waals surface area contributed by atoms with Crippen molar-refractivity contribution in [3.8, 4) is 0 Å². The van der Waals surface area contributed by atoms with Crippen molar-refractivity contribution < 1.29 is 9.59 Å². The van der Waals surface area contributed by atoms with E-state index in [0.717, 1.165) is 17.6 Å². The summed E-state index contributed by atoms with van der Waals surface area (Å²) in [5.74, 6) is -0.0191. The number of para-hydroxylation sites is 1. The molecule has 6 nitrogen and oxygen atoms in total. The van der Waals surface area contributed by atoms with Crippen molar-refractivity contribution in [1.82, 2.24) is 14.4 Å². The second kappa shape index (κ2) is 7.78. The van der Waals surface area contributed by atoms with Crippen LogP contribution in [0.15, 0.2) is 42.5 Å². The normalized spacial score (nSPS) is 15.1. The highest BCUT2D eigenvalue weighted by atomic mass is 16.2. The molecule has 1 aliphatic heterocycles. The van der Waals surface area contributed by atoms with Gasteiger partial charge in [-0.2, -0.15) is 0 Å². The molecule has 3 aromatic rings. The van der Waals surface area contributed by atoms with Gasteiger partial charge in [-0.3, -0.25) is 4.79 Å². The molecule has 0 spiro atoms. The Balaban J connectivity index is 1.51.